The first kappa shape index (κ1) is 19.4. The van der Waals surface area contributed by atoms with Gasteiger partial charge in [-0.1, -0.05) is 63.3 Å². The fourth-order valence-electron chi connectivity index (χ4n) is 2.77. The smallest absolute Gasteiger partial charge is 0.0107 e. The van der Waals surface area contributed by atoms with Crippen molar-refractivity contribution in [2.24, 2.45) is 0 Å². The van der Waals surface area contributed by atoms with Gasteiger partial charge in [0.15, 0.2) is 0 Å². The number of hydrogen-bond donors (Lipinski definition) is 1. The predicted molar refractivity (Wildman–Crippen MR) is 92.0 cm³/mol. The van der Waals surface area contributed by atoms with Crippen molar-refractivity contribution in [3.63, 3.8) is 0 Å². The monoisotopic (exact) mass is 288 g/mol. The molecule has 0 aliphatic heterocycles. The van der Waals surface area contributed by atoms with E-state index >= 15 is 0 Å². The van der Waals surface area contributed by atoms with Gasteiger partial charge < -0.3 is 10.2 Å². The van der Waals surface area contributed by atoms with Gasteiger partial charge in [-0.25, -0.2) is 0 Å². The summed E-state index contributed by atoms with van der Waals surface area (Å²) in [5, 5.41) is 4.54. The van der Waals surface area contributed by atoms with Crippen molar-refractivity contribution in [2.45, 2.75) is 65.7 Å². The van der Waals surface area contributed by atoms with Crippen LogP contribution < -0.4 is 5.32 Å². The van der Waals surface area contributed by atoms with Gasteiger partial charge in [-0.05, 0) is 36.1 Å². The normalized spacial score (nSPS) is 13.6. The average molecular weight is 288 g/mol. The van der Waals surface area contributed by atoms with Gasteiger partial charge in [0.2, 0.25) is 0 Å². The lowest BCUT2D eigenvalue weighted by atomic mass is 10.2. The highest BCUT2D eigenvalue weighted by Gasteiger charge is 2.33. The molecule has 0 saturated carbocycles. The number of hydrogen-bond acceptors (Lipinski definition) is 2. The van der Waals surface area contributed by atoms with E-state index in [-0.39, 0.29) is 7.92 Å². The minimum atomic E-state index is 0.0420. The van der Waals surface area contributed by atoms with Crippen LogP contribution in [0.1, 0.15) is 55.4 Å². The van der Waals surface area contributed by atoms with E-state index < -0.39 is 0 Å². The number of likely N-dealkylation sites (N-methyl/N-ethyl adjacent to an activating group) is 1. The Morgan fingerprint density at radius 1 is 0.842 bits per heavy atom. The van der Waals surface area contributed by atoms with Crippen LogP contribution in [0.4, 0.5) is 0 Å². The van der Waals surface area contributed by atoms with Crippen molar-refractivity contribution in [1.82, 2.24) is 10.2 Å². The molecule has 0 rings (SSSR count). The van der Waals surface area contributed by atoms with Crippen molar-refractivity contribution in [3.05, 3.63) is 0 Å². The highest BCUT2D eigenvalue weighted by Crippen LogP contribution is 2.58. The molecule has 0 amide bonds. The van der Waals surface area contributed by atoms with Crippen LogP contribution >= 0.6 is 7.92 Å². The quantitative estimate of drug-likeness (QED) is 0.536. The first-order valence-electron chi connectivity index (χ1n) is 7.83. The van der Waals surface area contributed by atoms with E-state index in [0.717, 1.165) is 19.6 Å². The first-order chi connectivity index (χ1) is 8.62. The van der Waals surface area contributed by atoms with E-state index in [1.165, 1.54) is 19.3 Å². The van der Waals surface area contributed by atoms with E-state index in [4.69, 9.17) is 0 Å². The van der Waals surface area contributed by atoms with E-state index in [2.05, 4.69) is 65.6 Å². The molecule has 2 nitrogen and oxygen atoms in total. The second-order valence-electron chi connectivity index (χ2n) is 7.27. The van der Waals surface area contributed by atoms with Crippen LogP contribution in [0.5, 0.6) is 0 Å². The SMILES string of the molecule is CCN(CC)CCNCCP(C(C)(C)C)C(C)(C)C. The summed E-state index contributed by atoms with van der Waals surface area (Å²) < 4.78 is 0. The molecular weight excluding hydrogens is 251 g/mol. The molecule has 0 unspecified atom stereocenters. The second kappa shape index (κ2) is 8.60. The Balaban J connectivity index is 4.03. The van der Waals surface area contributed by atoms with E-state index in [1.807, 2.05) is 0 Å². The summed E-state index contributed by atoms with van der Waals surface area (Å²) in [5.41, 5.74) is 0. The largest absolute Gasteiger partial charge is 0.315 e. The molecule has 1 N–H and O–H groups in total. The number of nitrogens with one attached hydrogen (secondary N) is 1. The molecule has 0 spiro atoms. The van der Waals surface area contributed by atoms with Crippen molar-refractivity contribution < 1.29 is 0 Å². The molecule has 19 heavy (non-hydrogen) atoms. The van der Waals surface area contributed by atoms with Gasteiger partial charge in [0.1, 0.15) is 0 Å². The molecule has 0 atom stereocenters. The maximum Gasteiger partial charge on any atom is 0.0107 e. The second-order valence-corrected chi connectivity index (χ2v) is 11.3. The molecule has 116 valence electrons. The van der Waals surface area contributed by atoms with Crippen LogP contribution in [0.2, 0.25) is 0 Å². The molecule has 0 aromatic carbocycles. The molecule has 0 bridgehead atoms. The summed E-state index contributed by atoms with van der Waals surface area (Å²) in [5.74, 6) is 0. The Kier molecular flexibility index (Phi) is 8.75. The summed E-state index contributed by atoms with van der Waals surface area (Å²) in [6, 6.07) is 0. The topological polar surface area (TPSA) is 15.3 Å². The lowest BCUT2D eigenvalue weighted by Gasteiger charge is -2.41. The molecule has 0 radical (unpaired) electrons. The summed E-state index contributed by atoms with van der Waals surface area (Å²) in [7, 11) is 0.0420. The predicted octanol–water partition coefficient (Wildman–Crippen LogP) is 4.00. The molecule has 0 heterocycles. The maximum atomic E-state index is 3.63. The maximum absolute atomic E-state index is 3.63. The summed E-state index contributed by atoms with van der Waals surface area (Å²) in [6.45, 7) is 24.7. The van der Waals surface area contributed by atoms with Gasteiger partial charge in [0.25, 0.3) is 0 Å². The Bertz CT molecular complexity index is 210. The summed E-state index contributed by atoms with van der Waals surface area (Å²) in [4.78, 5) is 2.48. The Labute approximate surface area is 123 Å². The van der Waals surface area contributed by atoms with Crippen LogP contribution in [-0.4, -0.2) is 54.1 Å². The van der Waals surface area contributed by atoms with Gasteiger partial charge in [-0.2, -0.15) is 0 Å². The molecule has 0 saturated heterocycles. The average Bonchev–Trinajstić information content (AvgIpc) is 2.24. The van der Waals surface area contributed by atoms with Crippen molar-refractivity contribution in [3.8, 4) is 0 Å². The van der Waals surface area contributed by atoms with E-state index in [0.29, 0.717) is 10.3 Å². The van der Waals surface area contributed by atoms with Crippen molar-refractivity contribution in [1.29, 1.82) is 0 Å². The Morgan fingerprint density at radius 3 is 1.68 bits per heavy atom. The van der Waals surface area contributed by atoms with Gasteiger partial charge in [0.05, 0.1) is 0 Å². The molecule has 3 heteroatoms. The zero-order chi connectivity index (χ0) is 15.1. The lowest BCUT2D eigenvalue weighted by molar-refractivity contribution is 0.303. The zero-order valence-electron chi connectivity index (χ0n) is 14.6. The minimum Gasteiger partial charge on any atom is -0.315 e. The molecule has 0 aliphatic rings. The van der Waals surface area contributed by atoms with Gasteiger partial charge in [-0.3, -0.25) is 0 Å². The van der Waals surface area contributed by atoms with Gasteiger partial charge in [-0.15, -0.1) is 0 Å². The highest BCUT2D eigenvalue weighted by atomic mass is 31.1. The van der Waals surface area contributed by atoms with Crippen LogP contribution in [0.3, 0.4) is 0 Å². The number of nitrogens with zero attached hydrogens (tertiary/aromatic N) is 1. The Hall–Kier alpha value is 0.350. The van der Waals surface area contributed by atoms with Crippen molar-refractivity contribution in [2.75, 3.05) is 38.9 Å². The molecular formula is C16H37N2P. The summed E-state index contributed by atoms with van der Waals surface area (Å²) in [6.07, 6.45) is 1.33. The van der Waals surface area contributed by atoms with Crippen molar-refractivity contribution >= 4 is 7.92 Å². The fourth-order valence-corrected chi connectivity index (χ4v) is 6.51. The molecule has 0 aliphatic carbocycles. The third-order valence-corrected chi connectivity index (χ3v) is 7.54. The first-order valence-corrected chi connectivity index (χ1v) is 9.36. The zero-order valence-corrected chi connectivity index (χ0v) is 15.5. The van der Waals surface area contributed by atoms with E-state index in [9.17, 15) is 0 Å². The minimum absolute atomic E-state index is 0.0420. The molecule has 0 aromatic heterocycles. The Morgan fingerprint density at radius 2 is 1.32 bits per heavy atom. The lowest BCUT2D eigenvalue weighted by Crippen LogP contribution is -2.34. The molecule has 0 aromatic rings. The van der Waals surface area contributed by atoms with Crippen LogP contribution in [-0.2, 0) is 0 Å². The highest BCUT2D eigenvalue weighted by molar-refractivity contribution is 7.60. The summed E-state index contributed by atoms with van der Waals surface area (Å²) >= 11 is 0. The van der Waals surface area contributed by atoms with Gasteiger partial charge in [0, 0.05) is 13.1 Å². The van der Waals surface area contributed by atoms with E-state index in [1.54, 1.807) is 0 Å². The van der Waals surface area contributed by atoms with Crippen LogP contribution in [0, 0.1) is 0 Å². The van der Waals surface area contributed by atoms with Crippen LogP contribution in [0.25, 0.3) is 0 Å². The van der Waals surface area contributed by atoms with Crippen LogP contribution in [0.15, 0.2) is 0 Å². The standard InChI is InChI=1S/C16H37N2P/c1-9-18(10-2)13-11-17-12-14-19(15(3,4)5)16(6,7)8/h17H,9-14H2,1-8H3. The molecule has 0 fully saturated rings. The van der Waals surface area contributed by atoms with Gasteiger partial charge >= 0.3 is 0 Å². The number of rotatable bonds is 8. The fraction of sp³-hybridized carbons (Fsp3) is 1.00. The third-order valence-electron chi connectivity index (χ3n) is 3.63. The third kappa shape index (κ3) is 8.27.